The van der Waals surface area contributed by atoms with Crippen molar-refractivity contribution in [3.63, 3.8) is 0 Å². The molecule has 1 saturated heterocycles. The lowest BCUT2D eigenvalue weighted by molar-refractivity contribution is 0.181. The molecule has 1 aliphatic heterocycles. The number of fused-ring (bicyclic) bond motifs is 1. The Morgan fingerprint density at radius 2 is 1.94 bits per heavy atom. The summed E-state index contributed by atoms with van der Waals surface area (Å²) in [6.45, 7) is 6.44. The van der Waals surface area contributed by atoms with Crippen molar-refractivity contribution in [3.05, 3.63) is 64.8 Å². The Morgan fingerprint density at radius 1 is 1.16 bits per heavy atom. The van der Waals surface area contributed by atoms with Gasteiger partial charge in [0.05, 0.1) is 29.8 Å². The molecule has 0 bridgehead atoms. The predicted molar refractivity (Wildman–Crippen MR) is 126 cm³/mol. The summed E-state index contributed by atoms with van der Waals surface area (Å²) in [7, 11) is 1.77. The second kappa shape index (κ2) is 10.00. The van der Waals surface area contributed by atoms with Crippen LogP contribution in [0.4, 0.5) is 5.69 Å². The van der Waals surface area contributed by atoms with Crippen LogP contribution < -0.4 is 9.64 Å². The summed E-state index contributed by atoms with van der Waals surface area (Å²) in [5.74, 6) is 0.755. The number of halogens is 1. The van der Waals surface area contributed by atoms with E-state index in [0.717, 1.165) is 42.1 Å². The van der Waals surface area contributed by atoms with Gasteiger partial charge in [0.1, 0.15) is 12.4 Å². The van der Waals surface area contributed by atoms with E-state index in [1.54, 1.807) is 19.2 Å². The summed E-state index contributed by atoms with van der Waals surface area (Å²) in [6, 6.07) is 16.3. The molecule has 0 amide bonds. The fourth-order valence-corrected chi connectivity index (χ4v) is 4.23. The highest BCUT2D eigenvalue weighted by Crippen LogP contribution is 2.34. The molecule has 31 heavy (non-hydrogen) atoms. The molecule has 0 spiro atoms. The summed E-state index contributed by atoms with van der Waals surface area (Å²) >= 11 is 0. The minimum atomic E-state index is 0. The first-order chi connectivity index (χ1) is 14.6. The number of nitriles is 1. The van der Waals surface area contributed by atoms with Crippen LogP contribution in [0.2, 0.25) is 0 Å². The van der Waals surface area contributed by atoms with Gasteiger partial charge in [0.15, 0.2) is 0 Å². The van der Waals surface area contributed by atoms with Gasteiger partial charge >= 0.3 is 0 Å². The first kappa shape index (κ1) is 22.9. The molecule has 5 nitrogen and oxygen atoms in total. The fraction of sp³-hybridized carbons (Fsp3) is 0.360. The number of ether oxygens (including phenoxy) is 2. The van der Waals surface area contributed by atoms with E-state index in [2.05, 4.69) is 43.0 Å². The highest BCUT2D eigenvalue weighted by Gasteiger charge is 2.26. The Morgan fingerprint density at radius 3 is 2.65 bits per heavy atom. The number of benzene rings is 2. The van der Waals surface area contributed by atoms with Gasteiger partial charge in [-0.2, -0.15) is 5.26 Å². The highest BCUT2D eigenvalue weighted by atomic mass is 35.5. The topological polar surface area (TPSA) is 58.4 Å². The molecule has 1 aromatic heterocycles. The lowest BCUT2D eigenvalue weighted by Gasteiger charge is -2.28. The number of pyridine rings is 1. The van der Waals surface area contributed by atoms with E-state index < -0.39 is 0 Å². The molecule has 0 N–H and O–H groups in total. The van der Waals surface area contributed by atoms with Crippen molar-refractivity contribution in [1.82, 2.24) is 4.98 Å². The van der Waals surface area contributed by atoms with Crippen molar-refractivity contribution >= 4 is 29.0 Å². The molecule has 6 heteroatoms. The zero-order chi connectivity index (χ0) is 21.1. The third-order valence-electron chi connectivity index (χ3n) is 5.80. The smallest absolute Gasteiger partial charge is 0.119 e. The molecule has 1 aliphatic rings. The summed E-state index contributed by atoms with van der Waals surface area (Å²) in [6.07, 6.45) is 2.35. The van der Waals surface area contributed by atoms with Crippen LogP contribution in [-0.4, -0.2) is 31.3 Å². The zero-order valence-electron chi connectivity index (χ0n) is 18.2. The Bertz CT molecular complexity index is 1090. The van der Waals surface area contributed by atoms with Gasteiger partial charge in [-0.3, -0.25) is 4.98 Å². The van der Waals surface area contributed by atoms with E-state index in [9.17, 15) is 0 Å². The molecule has 1 atom stereocenters. The largest absolute Gasteiger partial charge is 0.489 e. The maximum atomic E-state index is 8.93. The average molecular weight is 438 g/mol. The van der Waals surface area contributed by atoms with E-state index in [1.165, 1.54) is 23.1 Å². The standard InChI is InChI=1S/C25H27N3O2.ClH/c1-17-11-23-24(13-20(17)15-30-22-8-6-19(14-26)7-9-22)27-18(2)12-25(23)28-10-4-5-21(28)16-29-3;/h6-9,11-13,21H,4-5,10,15-16H2,1-3H3;1H/t21-;/m1./s1. The molecule has 0 unspecified atom stereocenters. The number of hydrogen-bond donors (Lipinski definition) is 0. The minimum absolute atomic E-state index is 0. The van der Waals surface area contributed by atoms with Crippen molar-refractivity contribution in [2.75, 3.05) is 25.2 Å². The van der Waals surface area contributed by atoms with Crippen LogP contribution in [-0.2, 0) is 11.3 Å². The summed E-state index contributed by atoms with van der Waals surface area (Å²) in [5, 5.41) is 10.1. The lowest BCUT2D eigenvalue weighted by Crippen LogP contribution is -2.33. The van der Waals surface area contributed by atoms with E-state index in [0.29, 0.717) is 18.2 Å². The van der Waals surface area contributed by atoms with Gasteiger partial charge < -0.3 is 14.4 Å². The minimum Gasteiger partial charge on any atom is -0.489 e. The number of anilines is 1. The zero-order valence-corrected chi connectivity index (χ0v) is 19.0. The second-order valence-electron chi connectivity index (χ2n) is 7.95. The summed E-state index contributed by atoms with van der Waals surface area (Å²) in [5.41, 5.74) is 6.20. The summed E-state index contributed by atoms with van der Waals surface area (Å²) in [4.78, 5) is 7.29. The Hall–Kier alpha value is -2.81. The average Bonchev–Trinajstić information content (AvgIpc) is 3.21. The SMILES string of the molecule is COC[C@H]1CCCN1c1cc(C)nc2cc(COc3ccc(C#N)cc3)c(C)cc12.Cl. The third kappa shape index (κ3) is 4.92. The number of aryl methyl sites for hydroxylation is 2. The Labute approximate surface area is 190 Å². The lowest BCUT2D eigenvalue weighted by atomic mass is 10.0. The van der Waals surface area contributed by atoms with Crippen molar-refractivity contribution in [1.29, 1.82) is 5.26 Å². The first-order valence-corrected chi connectivity index (χ1v) is 10.4. The van der Waals surface area contributed by atoms with Crippen molar-refractivity contribution < 1.29 is 9.47 Å². The highest BCUT2D eigenvalue weighted by molar-refractivity contribution is 5.93. The summed E-state index contributed by atoms with van der Waals surface area (Å²) < 4.78 is 11.4. The van der Waals surface area contributed by atoms with Crippen LogP contribution in [0.3, 0.4) is 0 Å². The molecular formula is C25H28ClN3O2. The normalized spacial score (nSPS) is 15.5. The van der Waals surface area contributed by atoms with Crippen LogP contribution >= 0.6 is 12.4 Å². The second-order valence-corrected chi connectivity index (χ2v) is 7.95. The third-order valence-corrected chi connectivity index (χ3v) is 5.80. The van der Waals surface area contributed by atoms with Crippen LogP contribution in [0.15, 0.2) is 42.5 Å². The van der Waals surface area contributed by atoms with Gasteiger partial charge in [-0.05, 0) is 80.3 Å². The molecule has 4 rings (SSSR count). The van der Waals surface area contributed by atoms with Gasteiger partial charge in [0.25, 0.3) is 0 Å². The van der Waals surface area contributed by atoms with Gasteiger partial charge in [0.2, 0.25) is 0 Å². The predicted octanol–water partition coefficient (Wildman–Crippen LogP) is 5.34. The fourth-order valence-electron chi connectivity index (χ4n) is 4.23. The molecule has 0 saturated carbocycles. The van der Waals surface area contributed by atoms with Crippen LogP contribution in [0.25, 0.3) is 10.9 Å². The van der Waals surface area contributed by atoms with E-state index in [-0.39, 0.29) is 12.4 Å². The maximum Gasteiger partial charge on any atom is 0.119 e. The Balaban J connectivity index is 0.00000272. The van der Waals surface area contributed by atoms with E-state index >= 15 is 0 Å². The van der Waals surface area contributed by atoms with Crippen molar-refractivity contribution in [3.8, 4) is 11.8 Å². The molecular weight excluding hydrogens is 410 g/mol. The van der Waals surface area contributed by atoms with Crippen molar-refractivity contribution in [2.45, 2.75) is 39.3 Å². The van der Waals surface area contributed by atoms with E-state index in [1.807, 2.05) is 12.1 Å². The number of hydrogen-bond acceptors (Lipinski definition) is 5. The monoisotopic (exact) mass is 437 g/mol. The molecule has 0 aliphatic carbocycles. The number of nitrogens with zero attached hydrogens (tertiary/aromatic N) is 3. The molecule has 162 valence electrons. The Kier molecular flexibility index (Phi) is 7.37. The maximum absolute atomic E-state index is 8.93. The molecule has 2 heterocycles. The van der Waals surface area contributed by atoms with Gasteiger partial charge in [-0.15, -0.1) is 12.4 Å². The quantitative estimate of drug-likeness (QED) is 0.521. The number of rotatable bonds is 6. The van der Waals surface area contributed by atoms with Gasteiger partial charge in [-0.25, -0.2) is 0 Å². The van der Waals surface area contributed by atoms with E-state index in [4.69, 9.17) is 19.7 Å². The van der Waals surface area contributed by atoms with Crippen LogP contribution in [0.5, 0.6) is 5.75 Å². The van der Waals surface area contributed by atoms with Gasteiger partial charge in [0, 0.05) is 30.4 Å². The molecule has 0 radical (unpaired) electrons. The first-order valence-electron chi connectivity index (χ1n) is 10.4. The van der Waals surface area contributed by atoms with Crippen molar-refractivity contribution in [2.24, 2.45) is 0 Å². The molecule has 1 fully saturated rings. The molecule has 3 aromatic rings. The van der Waals surface area contributed by atoms with Crippen LogP contribution in [0, 0.1) is 25.2 Å². The van der Waals surface area contributed by atoms with Gasteiger partial charge in [-0.1, -0.05) is 0 Å². The van der Waals surface area contributed by atoms with Crippen LogP contribution in [0.1, 0.15) is 35.2 Å². The number of methoxy groups -OCH3 is 1. The number of aromatic nitrogens is 1. The molecule has 2 aromatic carbocycles.